The lowest BCUT2D eigenvalue weighted by molar-refractivity contribution is 0.344. The minimum absolute atomic E-state index is 0.0353. The topological polar surface area (TPSA) is 44.2 Å². The molecule has 2 bridgehead atoms. The van der Waals surface area contributed by atoms with Gasteiger partial charge in [-0.25, -0.2) is 13.3 Å². The van der Waals surface area contributed by atoms with Crippen LogP contribution in [0.1, 0.15) is 33.1 Å². The number of hydrogen-bond acceptors (Lipinski definition) is 2. The molecule has 13 heavy (non-hydrogen) atoms. The molecule has 3 atom stereocenters. The Labute approximate surface area is 80.6 Å². The molecule has 2 fully saturated rings. The van der Waals surface area contributed by atoms with Crippen molar-refractivity contribution in [2.45, 2.75) is 44.4 Å². The zero-order valence-electron chi connectivity index (χ0n) is 8.32. The van der Waals surface area contributed by atoms with Crippen LogP contribution in [0.25, 0.3) is 0 Å². The zero-order valence-corrected chi connectivity index (χ0v) is 9.14. The van der Waals surface area contributed by atoms with Crippen LogP contribution in [-0.2, 0) is 9.92 Å². The summed E-state index contributed by atoms with van der Waals surface area (Å²) in [5.74, 6) is 0.731. The fourth-order valence-electron chi connectivity index (χ4n) is 2.48. The molecule has 0 aromatic rings. The van der Waals surface area contributed by atoms with Crippen molar-refractivity contribution in [2.24, 2.45) is 5.92 Å². The first-order valence-electron chi connectivity index (χ1n) is 5.06. The Bertz CT molecular complexity index is 297. The summed E-state index contributed by atoms with van der Waals surface area (Å²) in [6, 6.07) is 0.456. The van der Waals surface area contributed by atoms with Gasteiger partial charge in [-0.1, -0.05) is 0 Å². The van der Waals surface area contributed by atoms with E-state index >= 15 is 0 Å². The predicted molar refractivity (Wildman–Crippen MR) is 53.8 cm³/mol. The van der Waals surface area contributed by atoms with Gasteiger partial charge in [0.25, 0.3) is 0 Å². The van der Waals surface area contributed by atoms with Crippen LogP contribution in [0.5, 0.6) is 0 Å². The van der Waals surface area contributed by atoms with Crippen molar-refractivity contribution in [3.05, 3.63) is 0 Å². The molecule has 3 nitrogen and oxygen atoms in total. The average Bonchev–Trinajstić information content (AvgIpc) is 2.63. The lowest BCUT2D eigenvalue weighted by Gasteiger charge is -2.30. The summed E-state index contributed by atoms with van der Waals surface area (Å²) in [5, 5.41) is -0.0353. The number of fused-ring (bicyclic) bond motifs is 2. The van der Waals surface area contributed by atoms with E-state index in [2.05, 4.69) is 0 Å². The van der Waals surface area contributed by atoms with Crippen molar-refractivity contribution >= 4 is 9.92 Å². The molecule has 1 heterocycles. The summed E-state index contributed by atoms with van der Waals surface area (Å²) in [6.07, 6.45) is 3.63. The van der Waals surface area contributed by atoms with Crippen LogP contribution >= 0.6 is 0 Å². The molecule has 1 N–H and O–H groups in total. The molecule has 2 aliphatic rings. The average molecular weight is 202 g/mol. The SMILES string of the molecule is CC(C)S(=N)(=O)N1CC2CCC1C2. The Morgan fingerprint density at radius 1 is 1.46 bits per heavy atom. The second-order valence-corrected chi connectivity index (χ2v) is 7.10. The van der Waals surface area contributed by atoms with Crippen molar-refractivity contribution in [3.8, 4) is 0 Å². The van der Waals surface area contributed by atoms with Crippen molar-refractivity contribution < 1.29 is 4.21 Å². The van der Waals surface area contributed by atoms with Crippen molar-refractivity contribution in [3.63, 3.8) is 0 Å². The Kier molecular flexibility index (Phi) is 2.15. The highest BCUT2D eigenvalue weighted by Crippen LogP contribution is 2.39. The highest BCUT2D eigenvalue weighted by molar-refractivity contribution is 7.90. The Hall–Kier alpha value is -0.0900. The van der Waals surface area contributed by atoms with E-state index in [1.165, 1.54) is 12.8 Å². The second-order valence-electron chi connectivity index (χ2n) is 4.55. The molecule has 76 valence electrons. The fourth-order valence-corrected chi connectivity index (χ4v) is 4.09. The zero-order chi connectivity index (χ0) is 9.64. The van der Waals surface area contributed by atoms with Gasteiger partial charge in [0.2, 0.25) is 0 Å². The minimum Gasteiger partial charge on any atom is -0.240 e. The van der Waals surface area contributed by atoms with Gasteiger partial charge in [0.05, 0.1) is 5.25 Å². The molecule has 1 saturated heterocycles. The maximum atomic E-state index is 12.1. The first kappa shape index (κ1) is 9.46. The minimum atomic E-state index is -2.47. The van der Waals surface area contributed by atoms with Gasteiger partial charge in [-0.2, -0.15) is 0 Å². The molecule has 0 aromatic carbocycles. The Balaban J connectivity index is 2.19. The van der Waals surface area contributed by atoms with E-state index in [1.807, 2.05) is 18.2 Å². The third kappa shape index (κ3) is 1.40. The van der Waals surface area contributed by atoms with E-state index in [0.29, 0.717) is 6.04 Å². The van der Waals surface area contributed by atoms with Gasteiger partial charge in [0, 0.05) is 12.6 Å². The van der Waals surface area contributed by atoms with Gasteiger partial charge in [0.15, 0.2) is 0 Å². The van der Waals surface area contributed by atoms with E-state index in [9.17, 15) is 4.21 Å². The first-order chi connectivity index (χ1) is 6.01. The second kappa shape index (κ2) is 2.95. The van der Waals surface area contributed by atoms with Gasteiger partial charge in [0.1, 0.15) is 9.92 Å². The molecule has 0 radical (unpaired) electrons. The molecule has 1 saturated carbocycles. The van der Waals surface area contributed by atoms with E-state index in [0.717, 1.165) is 18.9 Å². The van der Waals surface area contributed by atoms with E-state index in [4.69, 9.17) is 4.78 Å². The lowest BCUT2D eigenvalue weighted by atomic mass is 10.1. The first-order valence-corrected chi connectivity index (χ1v) is 6.64. The monoisotopic (exact) mass is 202 g/mol. The van der Waals surface area contributed by atoms with Crippen molar-refractivity contribution in [1.82, 2.24) is 4.31 Å². The van der Waals surface area contributed by atoms with E-state index in [-0.39, 0.29) is 5.25 Å². The molecular weight excluding hydrogens is 184 g/mol. The van der Waals surface area contributed by atoms with Gasteiger partial charge in [-0.05, 0) is 39.0 Å². The summed E-state index contributed by atoms with van der Waals surface area (Å²) in [4.78, 5) is 0. The van der Waals surface area contributed by atoms with Crippen molar-refractivity contribution in [1.29, 1.82) is 4.78 Å². The standard InChI is InChI=1S/C9H18N2OS/c1-7(2)13(10,12)11-6-8-3-4-9(11)5-8/h7-10H,3-6H2,1-2H3. The van der Waals surface area contributed by atoms with Crippen LogP contribution < -0.4 is 0 Å². The van der Waals surface area contributed by atoms with Crippen LogP contribution in [0.2, 0.25) is 0 Å². The molecule has 1 aliphatic carbocycles. The van der Waals surface area contributed by atoms with Gasteiger partial charge in [-0.15, -0.1) is 0 Å². The number of nitrogens with one attached hydrogen (secondary N) is 1. The highest BCUT2D eigenvalue weighted by atomic mass is 32.2. The maximum Gasteiger partial charge on any atom is 0.110 e. The van der Waals surface area contributed by atoms with Crippen LogP contribution in [0, 0.1) is 10.7 Å². The Morgan fingerprint density at radius 2 is 2.15 bits per heavy atom. The highest BCUT2D eigenvalue weighted by Gasteiger charge is 2.42. The summed E-state index contributed by atoms with van der Waals surface area (Å²) < 4.78 is 21.9. The largest absolute Gasteiger partial charge is 0.240 e. The third-order valence-electron chi connectivity index (χ3n) is 3.35. The molecule has 0 amide bonds. The quantitative estimate of drug-likeness (QED) is 0.729. The van der Waals surface area contributed by atoms with Crippen LogP contribution in [-0.4, -0.2) is 26.4 Å². The molecule has 1 aliphatic heterocycles. The van der Waals surface area contributed by atoms with Gasteiger partial charge < -0.3 is 0 Å². The van der Waals surface area contributed by atoms with E-state index < -0.39 is 9.92 Å². The molecule has 2 rings (SSSR count). The fraction of sp³-hybridized carbons (Fsp3) is 1.00. The normalized spacial score (nSPS) is 38.4. The summed E-state index contributed by atoms with van der Waals surface area (Å²) in [5.41, 5.74) is 0. The van der Waals surface area contributed by atoms with Crippen molar-refractivity contribution in [2.75, 3.05) is 6.54 Å². The van der Waals surface area contributed by atoms with Crippen LogP contribution in [0.4, 0.5) is 0 Å². The number of hydrogen-bond donors (Lipinski definition) is 1. The molecule has 0 aromatic heterocycles. The number of nitrogens with zero attached hydrogens (tertiary/aromatic N) is 1. The lowest BCUT2D eigenvalue weighted by Crippen LogP contribution is -2.40. The third-order valence-corrected chi connectivity index (χ3v) is 5.77. The molecule has 4 heteroatoms. The molecule has 3 unspecified atom stereocenters. The van der Waals surface area contributed by atoms with Crippen LogP contribution in [0.15, 0.2) is 0 Å². The van der Waals surface area contributed by atoms with E-state index in [1.54, 1.807) is 0 Å². The number of piperidine rings is 1. The summed E-state index contributed by atoms with van der Waals surface area (Å²) in [6.45, 7) is 4.69. The Morgan fingerprint density at radius 3 is 2.54 bits per heavy atom. The summed E-state index contributed by atoms with van der Waals surface area (Å²) >= 11 is 0. The molecular formula is C9H18N2OS. The maximum absolute atomic E-state index is 12.1. The number of rotatable bonds is 2. The smallest absolute Gasteiger partial charge is 0.110 e. The van der Waals surface area contributed by atoms with Gasteiger partial charge >= 0.3 is 0 Å². The summed E-state index contributed by atoms with van der Waals surface area (Å²) in [7, 11) is -2.47. The molecule has 0 spiro atoms. The predicted octanol–water partition coefficient (Wildman–Crippen LogP) is 1.84. The van der Waals surface area contributed by atoms with Gasteiger partial charge in [-0.3, -0.25) is 0 Å². The van der Waals surface area contributed by atoms with Crippen LogP contribution in [0.3, 0.4) is 0 Å².